The molecule has 0 heterocycles. The zero-order chi connectivity index (χ0) is 14.4. The summed E-state index contributed by atoms with van der Waals surface area (Å²) in [6.07, 6.45) is 0. The summed E-state index contributed by atoms with van der Waals surface area (Å²) < 4.78 is 10.5. The van der Waals surface area contributed by atoms with Gasteiger partial charge < -0.3 is 14.8 Å². The van der Waals surface area contributed by atoms with E-state index in [0.717, 1.165) is 29.6 Å². The maximum Gasteiger partial charge on any atom is 0.161 e. The lowest BCUT2D eigenvalue weighted by molar-refractivity contribution is -0.686. The quantitative estimate of drug-likeness (QED) is 0.888. The lowest BCUT2D eigenvalue weighted by atomic mass is 10.2. The Morgan fingerprint density at radius 1 is 0.850 bits per heavy atom. The lowest BCUT2D eigenvalue weighted by Gasteiger charge is -2.09. The Kier molecular flexibility index (Phi) is 5.27. The number of rotatable bonds is 6. The number of benzene rings is 2. The molecule has 20 heavy (non-hydrogen) atoms. The van der Waals surface area contributed by atoms with Crippen LogP contribution in [0.2, 0.25) is 5.02 Å². The molecule has 106 valence electrons. The van der Waals surface area contributed by atoms with E-state index in [9.17, 15) is 0 Å². The molecule has 0 amide bonds. The minimum atomic E-state index is 0.758. The molecule has 0 atom stereocenters. The van der Waals surface area contributed by atoms with Gasteiger partial charge in [0.1, 0.15) is 13.1 Å². The summed E-state index contributed by atoms with van der Waals surface area (Å²) in [6.45, 7) is 1.81. The van der Waals surface area contributed by atoms with Crippen LogP contribution in [0, 0.1) is 0 Å². The summed E-state index contributed by atoms with van der Waals surface area (Å²) in [5.74, 6) is 1.53. The summed E-state index contributed by atoms with van der Waals surface area (Å²) in [4.78, 5) is 0. The molecule has 2 aromatic carbocycles. The molecule has 0 saturated heterocycles. The van der Waals surface area contributed by atoms with E-state index in [1.54, 1.807) is 14.2 Å². The van der Waals surface area contributed by atoms with Crippen molar-refractivity contribution in [2.75, 3.05) is 14.2 Å². The van der Waals surface area contributed by atoms with Crippen molar-refractivity contribution in [2.24, 2.45) is 0 Å². The largest absolute Gasteiger partial charge is 0.493 e. The average Bonchev–Trinajstić information content (AvgIpc) is 2.49. The van der Waals surface area contributed by atoms with Gasteiger partial charge in [0.2, 0.25) is 0 Å². The number of hydrogen-bond acceptors (Lipinski definition) is 2. The summed E-state index contributed by atoms with van der Waals surface area (Å²) in [5.41, 5.74) is 2.46. The molecule has 2 aromatic rings. The van der Waals surface area contributed by atoms with Crippen LogP contribution in [0.3, 0.4) is 0 Å². The van der Waals surface area contributed by atoms with Crippen molar-refractivity contribution in [1.82, 2.24) is 0 Å². The molecular weight excluding hydrogens is 274 g/mol. The molecule has 4 heteroatoms. The molecule has 0 aliphatic heterocycles. The molecule has 0 unspecified atom stereocenters. The van der Waals surface area contributed by atoms with Gasteiger partial charge in [0.25, 0.3) is 0 Å². The van der Waals surface area contributed by atoms with Gasteiger partial charge in [-0.1, -0.05) is 23.7 Å². The minimum absolute atomic E-state index is 0.758. The molecule has 0 bridgehead atoms. The van der Waals surface area contributed by atoms with Crippen molar-refractivity contribution in [2.45, 2.75) is 13.1 Å². The van der Waals surface area contributed by atoms with Crippen LogP contribution in [0.25, 0.3) is 0 Å². The first-order valence-corrected chi connectivity index (χ1v) is 6.87. The van der Waals surface area contributed by atoms with Gasteiger partial charge >= 0.3 is 0 Å². The maximum atomic E-state index is 5.87. The van der Waals surface area contributed by atoms with Crippen molar-refractivity contribution in [3.05, 3.63) is 58.6 Å². The van der Waals surface area contributed by atoms with E-state index in [1.807, 2.05) is 36.4 Å². The Balaban J connectivity index is 1.92. The standard InChI is InChI=1S/C16H18ClNO2/c1-19-15-8-5-13(9-16(15)20-2)11-18-10-12-3-6-14(17)7-4-12/h3-9,18H,10-11H2,1-2H3/p+1. The van der Waals surface area contributed by atoms with E-state index in [-0.39, 0.29) is 0 Å². The van der Waals surface area contributed by atoms with Gasteiger partial charge in [-0.15, -0.1) is 0 Å². The monoisotopic (exact) mass is 292 g/mol. The topological polar surface area (TPSA) is 35.1 Å². The fourth-order valence-corrected chi connectivity index (χ4v) is 2.16. The molecular formula is C16H19ClNO2+. The van der Waals surface area contributed by atoms with E-state index in [0.29, 0.717) is 0 Å². The molecule has 0 aromatic heterocycles. The Hall–Kier alpha value is -1.71. The van der Waals surface area contributed by atoms with Gasteiger partial charge in [-0.3, -0.25) is 0 Å². The minimum Gasteiger partial charge on any atom is -0.493 e. The summed E-state index contributed by atoms with van der Waals surface area (Å²) >= 11 is 5.87. The molecule has 0 spiro atoms. The predicted octanol–water partition coefficient (Wildman–Crippen LogP) is 2.62. The van der Waals surface area contributed by atoms with E-state index < -0.39 is 0 Å². The van der Waals surface area contributed by atoms with Crippen LogP contribution in [0.5, 0.6) is 11.5 Å². The maximum absolute atomic E-state index is 5.87. The van der Waals surface area contributed by atoms with Gasteiger partial charge in [0.15, 0.2) is 11.5 Å². The van der Waals surface area contributed by atoms with Crippen molar-refractivity contribution in [3.63, 3.8) is 0 Å². The van der Waals surface area contributed by atoms with E-state index in [4.69, 9.17) is 21.1 Å². The Morgan fingerprint density at radius 3 is 2.10 bits per heavy atom. The second kappa shape index (κ2) is 7.17. The number of hydrogen-bond donors (Lipinski definition) is 1. The first kappa shape index (κ1) is 14.7. The molecule has 0 radical (unpaired) electrons. The van der Waals surface area contributed by atoms with Crippen LogP contribution < -0.4 is 14.8 Å². The zero-order valence-corrected chi connectivity index (χ0v) is 12.5. The SMILES string of the molecule is COc1ccc(C[NH2+]Cc2ccc(Cl)cc2)cc1OC. The van der Waals surface area contributed by atoms with Crippen molar-refractivity contribution in [3.8, 4) is 11.5 Å². The number of methoxy groups -OCH3 is 2. The first-order chi connectivity index (χ1) is 9.72. The average molecular weight is 293 g/mol. The van der Waals surface area contributed by atoms with Crippen molar-refractivity contribution < 1.29 is 14.8 Å². The normalized spacial score (nSPS) is 10.3. The van der Waals surface area contributed by atoms with Crippen molar-refractivity contribution >= 4 is 11.6 Å². The summed E-state index contributed by atoms with van der Waals surface area (Å²) in [6, 6.07) is 13.9. The first-order valence-electron chi connectivity index (χ1n) is 6.50. The summed E-state index contributed by atoms with van der Waals surface area (Å²) in [5, 5.41) is 3.01. The van der Waals surface area contributed by atoms with Gasteiger partial charge in [-0.2, -0.15) is 0 Å². The van der Waals surface area contributed by atoms with Crippen LogP contribution in [0.4, 0.5) is 0 Å². The molecule has 0 aliphatic rings. The molecule has 0 saturated carbocycles. The van der Waals surface area contributed by atoms with Gasteiger partial charge in [0, 0.05) is 16.1 Å². The summed E-state index contributed by atoms with van der Waals surface area (Å²) in [7, 11) is 3.29. The molecule has 3 nitrogen and oxygen atoms in total. The highest BCUT2D eigenvalue weighted by Crippen LogP contribution is 2.27. The molecule has 2 rings (SSSR count). The molecule has 0 aliphatic carbocycles. The van der Waals surface area contributed by atoms with E-state index in [1.165, 1.54) is 11.1 Å². The van der Waals surface area contributed by atoms with Crippen LogP contribution in [0.15, 0.2) is 42.5 Å². The fraction of sp³-hybridized carbons (Fsp3) is 0.250. The van der Waals surface area contributed by atoms with E-state index >= 15 is 0 Å². The predicted molar refractivity (Wildman–Crippen MR) is 80.3 cm³/mol. The Bertz CT molecular complexity index is 555. The fourth-order valence-electron chi connectivity index (χ4n) is 2.03. The van der Waals surface area contributed by atoms with Crippen LogP contribution >= 0.6 is 11.6 Å². The Labute approximate surface area is 124 Å². The van der Waals surface area contributed by atoms with E-state index in [2.05, 4.69) is 11.4 Å². The third-order valence-corrected chi connectivity index (χ3v) is 3.37. The highest BCUT2D eigenvalue weighted by Gasteiger charge is 2.05. The highest BCUT2D eigenvalue weighted by molar-refractivity contribution is 6.30. The van der Waals surface area contributed by atoms with Crippen molar-refractivity contribution in [1.29, 1.82) is 0 Å². The number of ether oxygens (including phenoxy) is 2. The van der Waals surface area contributed by atoms with Gasteiger partial charge in [0.05, 0.1) is 14.2 Å². The smallest absolute Gasteiger partial charge is 0.161 e. The second-order valence-corrected chi connectivity index (χ2v) is 4.95. The van der Waals surface area contributed by atoms with Gasteiger partial charge in [-0.05, 0) is 30.3 Å². The number of quaternary nitrogens is 1. The third-order valence-electron chi connectivity index (χ3n) is 3.12. The van der Waals surface area contributed by atoms with Crippen LogP contribution in [-0.2, 0) is 13.1 Å². The Morgan fingerprint density at radius 2 is 1.45 bits per heavy atom. The second-order valence-electron chi connectivity index (χ2n) is 4.51. The van der Waals surface area contributed by atoms with Gasteiger partial charge in [-0.25, -0.2) is 0 Å². The highest BCUT2D eigenvalue weighted by atomic mass is 35.5. The number of halogens is 1. The zero-order valence-electron chi connectivity index (χ0n) is 11.7. The van der Waals surface area contributed by atoms with Crippen LogP contribution in [0.1, 0.15) is 11.1 Å². The number of nitrogens with two attached hydrogens (primary N) is 1. The third kappa shape index (κ3) is 3.89. The molecule has 0 fully saturated rings. The van der Waals surface area contributed by atoms with Crippen LogP contribution in [-0.4, -0.2) is 14.2 Å². The molecule has 2 N–H and O–H groups in total. The lowest BCUT2D eigenvalue weighted by Crippen LogP contribution is -2.80.